The monoisotopic (exact) mass is 266 g/mol. The lowest BCUT2D eigenvalue weighted by Gasteiger charge is -2.13. The van der Waals surface area contributed by atoms with Crippen molar-refractivity contribution in [3.63, 3.8) is 0 Å². The van der Waals surface area contributed by atoms with Crippen molar-refractivity contribution in [3.05, 3.63) is 29.6 Å². The normalized spacial score (nSPS) is 11.6. The van der Waals surface area contributed by atoms with E-state index in [1.165, 1.54) is 6.20 Å². The number of aliphatic carboxylic acids is 2. The number of hydrogen-bond acceptors (Lipinski definition) is 4. The van der Waals surface area contributed by atoms with Gasteiger partial charge in [0.05, 0.1) is 5.56 Å². The summed E-state index contributed by atoms with van der Waals surface area (Å²) in [7, 11) is 0. The molecular weight excluding hydrogens is 252 g/mol. The van der Waals surface area contributed by atoms with E-state index in [1.54, 1.807) is 19.2 Å². The lowest BCUT2D eigenvalue weighted by molar-refractivity contribution is -0.140. The number of pyridine rings is 1. The van der Waals surface area contributed by atoms with Crippen LogP contribution in [0.5, 0.6) is 0 Å². The molecule has 7 nitrogen and oxygen atoms in total. The molecule has 0 aliphatic heterocycles. The van der Waals surface area contributed by atoms with Gasteiger partial charge in [-0.3, -0.25) is 14.6 Å². The van der Waals surface area contributed by atoms with E-state index in [-0.39, 0.29) is 18.4 Å². The third-order valence-electron chi connectivity index (χ3n) is 2.39. The summed E-state index contributed by atoms with van der Waals surface area (Å²) >= 11 is 0. The first-order valence-corrected chi connectivity index (χ1v) is 5.57. The molecule has 1 amide bonds. The maximum absolute atomic E-state index is 11.8. The smallest absolute Gasteiger partial charge is 0.326 e. The Labute approximate surface area is 109 Å². The van der Waals surface area contributed by atoms with Crippen LogP contribution >= 0.6 is 0 Å². The Bertz CT molecular complexity index is 501. The number of aryl methyl sites for hydroxylation is 1. The first kappa shape index (κ1) is 14.6. The quantitative estimate of drug-likeness (QED) is 0.687. The summed E-state index contributed by atoms with van der Waals surface area (Å²) in [5, 5.41) is 19.7. The minimum atomic E-state index is -1.27. The van der Waals surface area contributed by atoms with Crippen LogP contribution in [0, 0.1) is 6.92 Å². The number of carbonyl (C=O) groups excluding carboxylic acids is 1. The van der Waals surface area contributed by atoms with Crippen LogP contribution in [0.15, 0.2) is 18.5 Å². The number of rotatable bonds is 6. The Morgan fingerprint density at radius 3 is 2.53 bits per heavy atom. The van der Waals surface area contributed by atoms with Crippen LogP contribution in [-0.2, 0) is 9.59 Å². The van der Waals surface area contributed by atoms with Gasteiger partial charge in [-0.15, -0.1) is 0 Å². The van der Waals surface area contributed by atoms with Crippen LogP contribution in [0.25, 0.3) is 0 Å². The van der Waals surface area contributed by atoms with Crippen molar-refractivity contribution in [3.8, 4) is 0 Å². The van der Waals surface area contributed by atoms with Crippen molar-refractivity contribution in [2.24, 2.45) is 0 Å². The second kappa shape index (κ2) is 6.48. The molecule has 0 saturated heterocycles. The fraction of sp³-hybridized carbons (Fsp3) is 0.333. The van der Waals surface area contributed by atoms with E-state index in [0.29, 0.717) is 0 Å². The van der Waals surface area contributed by atoms with Crippen LogP contribution in [0.2, 0.25) is 0 Å². The molecule has 0 fully saturated rings. The highest BCUT2D eigenvalue weighted by molar-refractivity contribution is 5.96. The lowest BCUT2D eigenvalue weighted by atomic mass is 10.1. The van der Waals surface area contributed by atoms with Crippen LogP contribution in [0.1, 0.15) is 28.8 Å². The molecule has 1 atom stereocenters. The molecular formula is C12H14N2O5. The van der Waals surface area contributed by atoms with Gasteiger partial charge in [0.1, 0.15) is 6.04 Å². The highest BCUT2D eigenvalue weighted by Crippen LogP contribution is 2.04. The summed E-state index contributed by atoms with van der Waals surface area (Å²) in [4.78, 5) is 37.0. The summed E-state index contributed by atoms with van der Waals surface area (Å²) in [6, 6.07) is 0.336. The van der Waals surface area contributed by atoms with Gasteiger partial charge in [0, 0.05) is 18.8 Å². The molecule has 0 radical (unpaired) electrons. The number of carboxylic acids is 2. The van der Waals surface area contributed by atoms with E-state index >= 15 is 0 Å². The molecule has 1 aromatic heterocycles. The summed E-state index contributed by atoms with van der Waals surface area (Å²) in [5.41, 5.74) is 1.01. The van der Waals surface area contributed by atoms with Crippen LogP contribution in [0.4, 0.5) is 0 Å². The molecule has 0 unspecified atom stereocenters. The van der Waals surface area contributed by atoms with Crippen molar-refractivity contribution >= 4 is 17.8 Å². The summed E-state index contributed by atoms with van der Waals surface area (Å²) in [5.74, 6) is -2.97. The Balaban J connectivity index is 2.71. The second-order valence-electron chi connectivity index (χ2n) is 4.05. The van der Waals surface area contributed by atoms with Gasteiger partial charge in [-0.05, 0) is 25.0 Å². The highest BCUT2D eigenvalue weighted by Gasteiger charge is 2.21. The van der Waals surface area contributed by atoms with Crippen molar-refractivity contribution in [2.75, 3.05) is 0 Å². The molecule has 7 heteroatoms. The molecule has 102 valence electrons. The summed E-state index contributed by atoms with van der Waals surface area (Å²) in [6.45, 7) is 1.75. The molecule has 0 saturated carbocycles. The van der Waals surface area contributed by atoms with Gasteiger partial charge in [-0.25, -0.2) is 4.79 Å². The average molecular weight is 266 g/mol. The predicted octanol–water partition coefficient (Wildman–Crippen LogP) is 0.438. The average Bonchev–Trinajstić information content (AvgIpc) is 2.33. The maximum atomic E-state index is 11.8. The van der Waals surface area contributed by atoms with Gasteiger partial charge in [0.15, 0.2) is 0 Å². The number of nitrogens with one attached hydrogen (secondary N) is 1. The van der Waals surface area contributed by atoms with Crippen molar-refractivity contribution in [1.29, 1.82) is 0 Å². The molecule has 1 heterocycles. The Morgan fingerprint density at radius 1 is 1.32 bits per heavy atom. The zero-order chi connectivity index (χ0) is 14.4. The van der Waals surface area contributed by atoms with E-state index in [4.69, 9.17) is 10.2 Å². The predicted molar refractivity (Wildman–Crippen MR) is 64.7 cm³/mol. The Morgan fingerprint density at radius 2 is 2.00 bits per heavy atom. The Kier molecular flexibility index (Phi) is 4.99. The van der Waals surface area contributed by atoms with Gasteiger partial charge < -0.3 is 15.5 Å². The largest absolute Gasteiger partial charge is 0.481 e. The Hall–Kier alpha value is -2.44. The van der Waals surface area contributed by atoms with Gasteiger partial charge in [-0.2, -0.15) is 0 Å². The number of carboxylic acid groups (broad SMARTS) is 2. The van der Waals surface area contributed by atoms with Crippen LogP contribution in [0.3, 0.4) is 0 Å². The van der Waals surface area contributed by atoms with Crippen molar-refractivity contribution in [1.82, 2.24) is 10.3 Å². The van der Waals surface area contributed by atoms with Crippen LogP contribution in [-0.4, -0.2) is 39.1 Å². The SMILES string of the molecule is Cc1cncc(C(=O)N[C@@H](CCC(=O)O)C(=O)O)c1. The molecule has 0 aromatic carbocycles. The fourth-order valence-corrected chi connectivity index (χ4v) is 1.45. The maximum Gasteiger partial charge on any atom is 0.326 e. The molecule has 19 heavy (non-hydrogen) atoms. The third-order valence-corrected chi connectivity index (χ3v) is 2.39. The highest BCUT2D eigenvalue weighted by atomic mass is 16.4. The molecule has 3 N–H and O–H groups in total. The summed E-state index contributed by atoms with van der Waals surface area (Å²) in [6.07, 6.45) is 2.38. The topological polar surface area (TPSA) is 117 Å². The van der Waals surface area contributed by atoms with Gasteiger partial charge in [-0.1, -0.05) is 0 Å². The van der Waals surface area contributed by atoms with E-state index in [9.17, 15) is 14.4 Å². The van der Waals surface area contributed by atoms with Gasteiger partial charge >= 0.3 is 11.9 Å². The number of amides is 1. The summed E-state index contributed by atoms with van der Waals surface area (Å²) < 4.78 is 0. The standard InChI is InChI=1S/C12H14N2O5/c1-7-4-8(6-13-5-7)11(17)14-9(12(18)19)2-3-10(15)16/h4-6,9H,2-3H2,1H3,(H,14,17)(H,15,16)(H,18,19)/t9-/m0/s1. The van der Waals surface area contributed by atoms with E-state index < -0.39 is 23.9 Å². The number of hydrogen-bond donors (Lipinski definition) is 3. The molecule has 0 aliphatic rings. The number of nitrogens with zero attached hydrogens (tertiary/aromatic N) is 1. The zero-order valence-electron chi connectivity index (χ0n) is 10.3. The third kappa shape index (κ3) is 4.74. The van der Waals surface area contributed by atoms with E-state index in [1.807, 2.05) is 0 Å². The number of carbonyl (C=O) groups is 3. The molecule has 0 bridgehead atoms. The van der Waals surface area contributed by atoms with Gasteiger partial charge in [0.25, 0.3) is 5.91 Å². The molecule has 0 spiro atoms. The minimum Gasteiger partial charge on any atom is -0.481 e. The fourth-order valence-electron chi connectivity index (χ4n) is 1.45. The first-order valence-electron chi connectivity index (χ1n) is 5.57. The van der Waals surface area contributed by atoms with E-state index in [2.05, 4.69) is 10.3 Å². The zero-order valence-corrected chi connectivity index (χ0v) is 10.3. The minimum absolute atomic E-state index is 0.171. The molecule has 1 rings (SSSR count). The van der Waals surface area contributed by atoms with Crippen LogP contribution < -0.4 is 5.32 Å². The van der Waals surface area contributed by atoms with Gasteiger partial charge in [0.2, 0.25) is 0 Å². The first-order chi connectivity index (χ1) is 8.90. The number of aromatic nitrogens is 1. The molecule has 0 aliphatic carbocycles. The second-order valence-corrected chi connectivity index (χ2v) is 4.05. The molecule has 1 aromatic rings. The van der Waals surface area contributed by atoms with Crippen molar-refractivity contribution in [2.45, 2.75) is 25.8 Å². The van der Waals surface area contributed by atoms with Crippen molar-refractivity contribution < 1.29 is 24.6 Å². The lowest BCUT2D eigenvalue weighted by Crippen LogP contribution is -2.41. The van der Waals surface area contributed by atoms with E-state index in [0.717, 1.165) is 5.56 Å².